The van der Waals surface area contributed by atoms with Crippen molar-refractivity contribution in [1.29, 1.82) is 0 Å². The molecule has 2 aliphatic rings. The highest BCUT2D eigenvalue weighted by Crippen LogP contribution is 2.28. The van der Waals surface area contributed by atoms with Crippen LogP contribution in [-0.2, 0) is 4.74 Å². The molecule has 1 saturated carbocycles. The third-order valence-corrected chi connectivity index (χ3v) is 3.16. The molecule has 0 radical (unpaired) electrons. The van der Waals surface area contributed by atoms with Crippen LogP contribution in [-0.4, -0.2) is 43.3 Å². The molecule has 4 heteroatoms. The number of rotatable bonds is 3. The van der Waals surface area contributed by atoms with E-state index in [0.717, 1.165) is 19.4 Å². The maximum Gasteiger partial charge on any atom is 0.410 e. The molecule has 0 spiro atoms. The number of cyclic esters (lactones) is 1. The SMILES string of the molecule is CNCC1COC(=O)N1C1CCCC1. The van der Waals surface area contributed by atoms with Crippen LogP contribution in [0.2, 0.25) is 0 Å². The van der Waals surface area contributed by atoms with Gasteiger partial charge in [-0.05, 0) is 19.9 Å². The average molecular weight is 198 g/mol. The minimum Gasteiger partial charge on any atom is -0.447 e. The van der Waals surface area contributed by atoms with E-state index in [1.165, 1.54) is 12.8 Å². The van der Waals surface area contributed by atoms with Crippen LogP contribution in [0, 0.1) is 0 Å². The van der Waals surface area contributed by atoms with Crippen molar-refractivity contribution in [3.8, 4) is 0 Å². The highest BCUT2D eigenvalue weighted by molar-refractivity contribution is 5.70. The van der Waals surface area contributed by atoms with Gasteiger partial charge in [-0.2, -0.15) is 0 Å². The number of carbonyl (C=O) groups excluding carboxylic acids is 1. The van der Waals surface area contributed by atoms with Gasteiger partial charge in [0.2, 0.25) is 0 Å². The van der Waals surface area contributed by atoms with E-state index in [9.17, 15) is 4.79 Å². The zero-order chi connectivity index (χ0) is 9.97. The summed E-state index contributed by atoms with van der Waals surface area (Å²) in [6.45, 7) is 1.39. The topological polar surface area (TPSA) is 41.6 Å². The summed E-state index contributed by atoms with van der Waals surface area (Å²) in [5, 5.41) is 3.11. The van der Waals surface area contributed by atoms with E-state index in [2.05, 4.69) is 5.32 Å². The number of carbonyl (C=O) groups is 1. The Kier molecular flexibility index (Phi) is 2.91. The molecule has 1 aliphatic carbocycles. The lowest BCUT2D eigenvalue weighted by molar-refractivity contribution is 0.144. The normalized spacial score (nSPS) is 28.5. The zero-order valence-corrected chi connectivity index (χ0v) is 8.66. The van der Waals surface area contributed by atoms with Crippen LogP contribution in [0.15, 0.2) is 0 Å². The van der Waals surface area contributed by atoms with Crippen molar-refractivity contribution in [2.24, 2.45) is 0 Å². The number of nitrogens with zero attached hydrogens (tertiary/aromatic N) is 1. The monoisotopic (exact) mass is 198 g/mol. The zero-order valence-electron chi connectivity index (χ0n) is 8.66. The molecule has 1 aliphatic heterocycles. The van der Waals surface area contributed by atoms with Gasteiger partial charge in [0, 0.05) is 12.6 Å². The summed E-state index contributed by atoms with van der Waals surface area (Å²) in [5.74, 6) is 0. The molecule has 1 unspecified atom stereocenters. The van der Waals surface area contributed by atoms with Crippen LogP contribution in [0.3, 0.4) is 0 Å². The Morgan fingerprint density at radius 3 is 2.86 bits per heavy atom. The third-order valence-electron chi connectivity index (χ3n) is 3.16. The van der Waals surface area contributed by atoms with E-state index in [4.69, 9.17) is 4.74 Å². The predicted octanol–water partition coefficient (Wildman–Crippen LogP) is 0.969. The summed E-state index contributed by atoms with van der Waals surface area (Å²) in [4.78, 5) is 13.5. The molecular formula is C10H18N2O2. The first-order valence-corrected chi connectivity index (χ1v) is 5.42. The molecule has 0 aromatic heterocycles. The predicted molar refractivity (Wildman–Crippen MR) is 53.2 cm³/mol. The fourth-order valence-corrected chi connectivity index (χ4v) is 2.49. The van der Waals surface area contributed by atoms with E-state index in [1.807, 2.05) is 11.9 Å². The van der Waals surface area contributed by atoms with Gasteiger partial charge in [-0.15, -0.1) is 0 Å². The number of hydrogen-bond acceptors (Lipinski definition) is 3. The van der Waals surface area contributed by atoms with Gasteiger partial charge in [-0.3, -0.25) is 4.90 Å². The van der Waals surface area contributed by atoms with Gasteiger partial charge >= 0.3 is 6.09 Å². The summed E-state index contributed by atoms with van der Waals surface area (Å²) >= 11 is 0. The lowest BCUT2D eigenvalue weighted by Crippen LogP contribution is -2.45. The van der Waals surface area contributed by atoms with Crippen molar-refractivity contribution in [3.63, 3.8) is 0 Å². The lowest BCUT2D eigenvalue weighted by atomic mass is 10.1. The highest BCUT2D eigenvalue weighted by Gasteiger charge is 2.38. The highest BCUT2D eigenvalue weighted by atomic mass is 16.6. The Morgan fingerprint density at radius 1 is 1.50 bits per heavy atom. The fraction of sp³-hybridized carbons (Fsp3) is 0.900. The summed E-state index contributed by atoms with van der Waals surface area (Å²) in [7, 11) is 1.91. The third kappa shape index (κ3) is 1.71. The quantitative estimate of drug-likeness (QED) is 0.734. The molecule has 2 fully saturated rings. The second-order valence-corrected chi connectivity index (χ2v) is 4.13. The molecule has 1 N–H and O–H groups in total. The first-order valence-electron chi connectivity index (χ1n) is 5.42. The van der Waals surface area contributed by atoms with Gasteiger partial charge < -0.3 is 10.1 Å². The summed E-state index contributed by atoms with van der Waals surface area (Å²) in [6.07, 6.45) is 4.68. The Balaban J connectivity index is 2.00. The largest absolute Gasteiger partial charge is 0.447 e. The van der Waals surface area contributed by atoms with E-state index >= 15 is 0 Å². The first kappa shape index (κ1) is 9.77. The minimum absolute atomic E-state index is 0.114. The molecule has 1 amide bonds. The van der Waals surface area contributed by atoms with Crippen LogP contribution in [0.25, 0.3) is 0 Å². The van der Waals surface area contributed by atoms with Crippen molar-refractivity contribution in [2.75, 3.05) is 20.2 Å². The van der Waals surface area contributed by atoms with E-state index < -0.39 is 0 Å². The number of ether oxygens (including phenoxy) is 1. The molecule has 14 heavy (non-hydrogen) atoms. The smallest absolute Gasteiger partial charge is 0.410 e. The molecule has 2 rings (SSSR count). The second-order valence-electron chi connectivity index (χ2n) is 4.13. The molecule has 80 valence electrons. The maximum absolute atomic E-state index is 11.5. The van der Waals surface area contributed by atoms with Gasteiger partial charge in [-0.25, -0.2) is 4.79 Å². The molecule has 0 aromatic rings. The van der Waals surface area contributed by atoms with Gasteiger partial charge in [0.05, 0.1) is 6.04 Å². The van der Waals surface area contributed by atoms with Crippen molar-refractivity contribution in [3.05, 3.63) is 0 Å². The Labute approximate surface area is 84.6 Å². The van der Waals surface area contributed by atoms with Gasteiger partial charge in [-0.1, -0.05) is 12.8 Å². The minimum atomic E-state index is -0.114. The van der Waals surface area contributed by atoms with Crippen molar-refractivity contribution in [2.45, 2.75) is 37.8 Å². The van der Waals surface area contributed by atoms with Crippen molar-refractivity contribution < 1.29 is 9.53 Å². The summed E-state index contributed by atoms with van der Waals surface area (Å²) in [6, 6.07) is 0.680. The standard InChI is InChI=1S/C10H18N2O2/c1-11-6-9-7-14-10(13)12(9)8-4-2-3-5-8/h8-9,11H,2-7H2,1H3. The van der Waals surface area contributed by atoms with E-state index in [0.29, 0.717) is 12.6 Å². The Morgan fingerprint density at radius 2 is 2.21 bits per heavy atom. The molecular weight excluding hydrogens is 180 g/mol. The fourth-order valence-electron chi connectivity index (χ4n) is 2.49. The molecule has 1 heterocycles. The Hall–Kier alpha value is -0.770. The Bertz CT molecular complexity index is 214. The average Bonchev–Trinajstić information content (AvgIpc) is 2.76. The van der Waals surface area contributed by atoms with E-state index in [1.54, 1.807) is 0 Å². The number of nitrogens with one attached hydrogen (secondary N) is 1. The lowest BCUT2D eigenvalue weighted by Gasteiger charge is -2.27. The maximum atomic E-state index is 11.5. The molecule has 0 aromatic carbocycles. The van der Waals surface area contributed by atoms with Gasteiger partial charge in [0.15, 0.2) is 0 Å². The summed E-state index contributed by atoms with van der Waals surface area (Å²) in [5.41, 5.74) is 0. The van der Waals surface area contributed by atoms with Gasteiger partial charge in [0.25, 0.3) is 0 Å². The number of hydrogen-bond donors (Lipinski definition) is 1. The van der Waals surface area contributed by atoms with Crippen LogP contribution in [0.1, 0.15) is 25.7 Å². The molecule has 4 nitrogen and oxygen atoms in total. The van der Waals surface area contributed by atoms with Crippen LogP contribution < -0.4 is 5.32 Å². The van der Waals surface area contributed by atoms with E-state index in [-0.39, 0.29) is 12.1 Å². The van der Waals surface area contributed by atoms with Crippen molar-refractivity contribution >= 4 is 6.09 Å². The second kappa shape index (κ2) is 4.17. The van der Waals surface area contributed by atoms with Crippen LogP contribution >= 0.6 is 0 Å². The molecule has 0 bridgehead atoms. The molecule has 1 saturated heterocycles. The van der Waals surface area contributed by atoms with Crippen molar-refractivity contribution in [1.82, 2.24) is 10.2 Å². The molecule has 1 atom stereocenters. The van der Waals surface area contributed by atoms with Gasteiger partial charge in [0.1, 0.15) is 6.61 Å². The van der Waals surface area contributed by atoms with Crippen LogP contribution in [0.4, 0.5) is 4.79 Å². The summed E-state index contributed by atoms with van der Waals surface area (Å²) < 4.78 is 5.09. The number of likely N-dealkylation sites (N-methyl/N-ethyl adjacent to an activating group) is 1. The first-order chi connectivity index (χ1) is 6.83. The number of amides is 1. The van der Waals surface area contributed by atoms with Crippen LogP contribution in [0.5, 0.6) is 0 Å².